The van der Waals surface area contributed by atoms with Crippen LogP contribution in [0.4, 0.5) is 15.9 Å². The van der Waals surface area contributed by atoms with E-state index in [0.29, 0.717) is 28.5 Å². The Hall–Kier alpha value is -3.59. The van der Waals surface area contributed by atoms with E-state index in [2.05, 4.69) is 30.5 Å². The van der Waals surface area contributed by atoms with Crippen LogP contribution in [-0.2, 0) is 0 Å². The number of rotatable bonds is 4. The van der Waals surface area contributed by atoms with Gasteiger partial charge in [-0.15, -0.1) is 0 Å². The van der Waals surface area contributed by atoms with Crippen molar-refractivity contribution >= 4 is 34.0 Å². The Balaban J connectivity index is 1.49. The average Bonchev–Trinajstić information content (AvgIpc) is 3.39. The minimum Gasteiger partial charge on any atom is -0.354 e. The number of carbonyl (C=O) groups excluding carboxylic acids is 1. The van der Waals surface area contributed by atoms with Gasteiger partial charge in [0.2, 0.25) is 0 Å². The van der Waals surface area contributed by atoms with Crippen molar-refractivity contribution in [2.24, 2.45) is 0 Å². The molecule has 0 bridgehead atoms. The van der Waals surface area contributed by atoms with Crippen molar-refractivity contribution in [1.29, 1.82) is 0 Å². The van der Waals surface area contributed by atoms with Gasteiger partial charge >= 0.3 is 0 Å². The molecular formula is C22H22FN7O. The summed E-state index contributed by atoms with van der Waals surface area (Å²) in [5.41, 5.74) is 2.15. The molecule has 2 N–H and O–H groups in total. The Morgan fingerprint density at radius 1 is 1.29 bits per heavy atom. The maximum Gasteiger partial charge on any atom is 0.259 e. The number of pyridine rings is 3. The van der Waals surface area contributed by atoms with E-state index >= 15 is 0 Å². The molecule has 1 amide bonds. The van der Waals surface area contributed by atoms with Crippen LogP contribution in [0.1, 0.15) is 22.5 Å². The molecule has 1 atom stereocenters. The fourth-order valence-corrected chi connectivity index (χ4v) is 4.11. The summed E-state index contributed by atoms with van der Waals surface area (Å²) in [6, 6.07) is 5.44. The highest BCUT2D eigenvalue weighted by atomic mass is 19.1. The fourth-order valence-electron chi connectivity index (χ4n) is 4.11. The highest BCUT2D eigenvalue weighted by molar-refractivity contribution is 6.13. The van der Waals surface area contributed by atoms with E-state index in [1.54, 1.807) is 36.1 Å². The molecule has 1 unspecified atom stereocenters. The number of halogens is 1. The maximum absolute atomic E-state index is 14.4. The molecule has 4 aromatic heterocycles. The number of carbonyl (C=O) groups is 1. The number of aromatic nitrogens is 4. The summed E-state index contributed by atoms with van der Waals surface area (Å²) >= 11 is 0. The number of anilines is 2. The van der Waals surface area contributed by atoms with Crippen molar-refractivity contribution in [1.82, 2.24) is 24.7 Å². The molecule has 4 aromatic rings. The van der Waals surface area contributed by atoms with E-state index in [1.165, 1.54) is 6.07 Å². The van der Waals surface area contributed by atoms with Crippen LogP contribution in [0.2, 0.25) is 0 Å². The summed E-state index contributed by atoms with van der Waals surface area (Å²) in [6.45, 7) is 3.52. The molecule has 0 spiro atoms. The monoisotopic (exact) mass is 419 g/mol. The number of amides is 1. The second-order valence-electron chi connectivity index (χ2n) is 7.76. The molecule has 1 aliphatic rings. The van der Waals surface area contributed by atoms with Crippen molar-refractivity contribution in [2.45, 2.75) is 19.4 Å². The van der Waals surface area contributed by atoms with Crippen molar-refractivity contribution in [3.8, 4) is 0 Å². The molecule has 1 aliphatic heterocycles. The standard InChI is InChI=1S/C22H22FN7O/c1-13-10-30-12-15(8-18(23)21(30)27-13)28-22(31)17-9-26-20(16-4-3-6-25-19(16)17)29-7-5-14(11-29)24-2/h3-4,6,8-10,12,14,24H,5,7,11H2,1-2H3,(H,28,31). The summed E-state index contributed by atoms with van der Waals surface area (Å²) in [5.74, 6) is -0.0814. The van der Waals surface area contributed by atoms with E-state index < -0.39 is 11.7 Å². The first kappa shape index (κ1) is 19.4. The number of nitrogens with one attached hydrogen (secondary N) is 2. The lowest BCUT2D eigenvalue weighted by Crippen LogP contribution is -2.30. The molecule has 0 aromatic carbocycles. The molecule has 1 saturated heterocycles. The lowest BCUT2D eigenvalue weighted by atomic mass is 10.1. The number of likely N-dealkylation sites (N-methyl/N-ethyl adjacent to an activating group) is 1. The summed E-state index contributed by atoms with van der Waals surface area (Å²) in [4.78, 5) is 28.4. The number of imidazole rings is 1. The third-order valence-corrected chi connectivity index (χ3v) is 5.64. The van der Waals surface area contributed by atoms with Crippen molar-refractivity contribution in [3.05, 3.63) is 60.1 Å². The molecular weight excluding hydrogens is 397 g/mol. The third kappa shape index (κ3) is 3.46. The zero-order chi connectivity index (χ0) is 21.5. The van der Waals surface area contributed by atoms with Crippen molar-refractivity contribution in [2.75, 3.05) is 30.4 Å². The van der Waals surface area contributed by atoms with Gasteiger partial charge in [0, 0.05) is 55.4 Å². The Labute approximate surface area is 178 Å². The molecule has 0 saturated carbocycles. The predicted molar refractivity (Wildman–Crippen MR) is 117 cm³/mol. The first-order valence-electron chi connectivity index (χ1n) is 10.2. The average molecular weight is 419 g/mol. The summed E-state index contributed by atoms with van der Waals surface area (Å²) < 4.78 is 15.9. The first-order valence-corrected chi connectivity index (χ1v) is 10.2. The SMILES string of the molecule is CNC1CCN(c2ncc(C(=O)Nc3cc(F)c4nc(C)cn4c3)c3ncccc23)C1. The highest BCUT2D eigenvalue weighted by Gasteiger charge is 2.25. The normalized spacial score (nSPS) is 16.4. The molecule has 5 rings (SSSR count). The minimum atomic E-state index is -0.504. The van der Waals surface area contributed by atoms with Crippen LogP contribution in [0.5, 0.6) is 0 Å². The van der Waals surface area contributed by atoms with Crippen LogP contribution in [0, 0.1) is 12.7 Å². The van der Waals surface area contributed by atoms with E-state index in [9.17, 15) is 9.18 Å². The van der Waals surface area contributed by atoms with Crippen molar-refractivity contribution in [3.63, 3.8) is 0 Å². The molecule has 1 fully saturated rings. The van der Waals surface area contributed by atoms with Gasteiger partial charge in [-0.2, -0.15) is 0 Å². The van der Waals surface area contributed by atoms with Gasteiger partial charge in [0.15, 0.2) is 11.5 Å². The van der Waals surface area contributed by atoms with E-state index in [4.69, 9.17) is 0 Å². The minimum absolute atomic E-state index is 0.221. The number of fused-ring (bicyclic) bond motifs is 2. The van der Waals surface area contributed by atoms with Gasteiger partial charge < -0.3 is 19.9 Å². The summed E-state index contributed by atoms with van der Waals surface area (Å²) in [7, 11) is 1.96. The van der Waals surface area contributed by atoms with Gasteiger partial charge in [-0.3, -0.25) is 9.78 Å². The topological polar surface area (TPSA) is 87.5 Å². The van der Waals surface area contributed by atoms with Crippen LogP contribution in [0.15, 0.2) is 43.0 Å². The number of aryl methyl sites for hydroxylation is 1. The van der Waals surface area contributed by atoms with E-state index in [1.807, 2.05) is 19.2 Å². The molecule has 8 nitrogen and oxygen atoms in total. The zero-order valence-electron chi connectivity index (χ0n) is 17.3. The van der Waals surface area contributed by atoms with Crippen LogP contribution in [0.25, 0.3) is 16.6 Å². The van der Waals surface area contributed by atoms with Gasteiger partial charge in [0.05, 0.1) is 22.5 Å². The Kier molecular flexibility index (Phi) is 4.74. The van der Waals surface area contributed by atoms with E-state index in [-0.39, 0.29) is 5.65 Å². The Bertz CT molecular complexity index is 1300. The predicted octanol–water partition coefficient (Wildman–Crippen LogP) is 2.78. The third-order valence-electron chi connectivity index (χ3n) is 5.64. The number of hydrogen-bond acceptors (Lipinski definition) is 6. The fraction of sp³-hybridized carbons (Fsp3) is 0.273. The van der Waals surface area contributed by atoms with Gasteiger partial charge in [-0.1, -0.05) is 0 Å². The molecule has 9 heteroatoms. The molecule has 158 valence electrons. The zero-order valence-corrected chi connectivity index (χ0v) is 17.3. The maximum atomic E-state index is 14.4. The van der Waals surface area contributed by atoms with Gasteiger partial charge in [0.25, 0.3) is 5.91 Å². The highest BCUT2D eigenvalue weighted by Crippen LogP contribution is 2.29. The quantitative estimate of drug-likeness (QED) is 0.529. The van der Waals surface area contributed by atoms with Crippen molar-refractivity contribution < 1.29 is 9.18 Å². The summed E-state index contributed by atoms with van der Waals surface area (Å²) in [5, 5.41) is 6.89. The molecule has 5 heterocycles. The second-order valence-corrected chi connectivity index (χ2v) is 7.76. The van der Waals surface area contributed by atoms with Gasteiger partial charge in [-0.05, 0) is 32.5 Å². The first-order chi connectivity index (χ1) is 15.0. The lowest BCUT2D eigenvalue weighted by Gasteiger charge is -2.20. The van der Waals surface area contributed by atoms with Crippen LogP contribution < -0.4 is 15.5 Å². The van der Waals surface area contributed by atoms with E-state index in [0.717, 1.165) is 30.7 Å². The largest absolute Gasteiger partial charge is 0.354 e. The second kappa shape index (κ2) is 7.59. The molecule has 0 radical (unpaired) electrons. The Morgan fingerprint density at radius 3 is 2.97 bits per heavy atom. The Morgan fingerprint density at radius 2 is 2.16 bits per heavy atom. The number of hydrogen-bond donors (Lipinski definition) is 2. The van der Waals surface area contributed by atoms with Crippen LogP contribution >= 0.6 is 0 Å². The number of nitrogens with zero attached hydrogens (tertiary/aromatic N) is 5. The van der Waals surface area contributed by atoms with Gasteiger partial charge in [0.1, 0.15) is 5.82 Å². The molecule has 0 aliphatic carbocycles. The van der Waals surface area contributed by atoms with Crippen LogP contribution in [-0.4, -0.2) is 51.4 Å². The molecule has 31 heavy (non-hydrogen) atoms. The van der Waals surface area contributed by atoms with Gasteiger partial charge in [-0.25, -0.2) is 14.4 Å². The lowest BCUT2D eigenvalue weighted by molar-refractivity contribution is 0.102. The smallest absolute Gasteiger partial charge is 0.259 e. The summed E-state index contributed by atoms with van der Waals surface area (Å²) in [6.07, 6.45) is 7.57. The van der Waals surface area contributed by atoms with Crippen LogP contribution in [0.3, 0.4) is 0 Å².